The molecule has 0 amide bonds. The minimum atomic E-state index is -0.413. The van der Waals surface area contributed by atoms with Gasteiger partial charge in [0.25, 0.3) is 0 Å². The molecule has 7 rings (SSSR count). The van der Waals surface area contributed by atoms with Crippen molar-refractivity contribution in [1.82, 2.24) is 20.4 Å². The Bertz CT molecular complexity index is 1650. The van der Waals surface area contributed by atoms with Crippen LogP contribution in [-0.2, 0) is 11.1 Å². The lowest BCUT2D eigenvalue weighted by Crippen LogP contribution is -2.56. The first-order valence-corrected chi connectivity index (χ1v) is 19.5. The molecule has 0 aliphatic carbocycles. The van der Waals surface area contributed by atoms with Crippen LogP contribution < -0.4 is 25.4 Å². The van der Waals surface area contributed by atoms with E-state index >= 15 is 0 Å². The van der Waals surface area contributed by atoms with Gasteiger partial charge in [-0.3, -0.25) is 9.80 Å². The van der Waals surface area contributed by atoms with Gasteiger partial charge in [0.05, 0.1) is 35.7 Å². The third-order valence-electron chi connectivity index (χ3n) is 11.0. The topological polar surface area (TPSA) is 61.0 Å². The van der Waals surface area contributed by atoms with Crippen molar-refractivity contribution in [2.75, 3.05) is 70.9 Å². The molecule has 0 bridgehead atoms. The van der Waals surface area contributed by atoms with E-state index in [1.807, 2.05) is 11.8 Å². The zero-order chi connectivity index (χ0) is 34.6. The van der Waals surface area contributed by atoms with Crippen LogP contribution in [0.2, 0.25) is 0 Å². The summed E-state index contributed by atoms with van der Waals surface area (Å²) in [7, 11) is 0. The highest BCUT2D eigenvalue weighted by atomic mass is 35.5. The summed E-state index contributed by atoms with van der Waals surface area (Å²) in [5.41, 5.74) is 6.67. The van der Waals surface area contributed by atoms with Crippen LogP contribution in [0.15, 0.2) is 94.7 Å². The van der Waals surface area contributed by atoms with E-state index in [0.717, 1.165) is 82.4 Å². The zero-order valence-electron chi connectivity index (χ0n) is 30.6. The van der Waals surface area contributed by atoms with Gasteiger partial charge in [0.1, 0.15) is 11.5 Å². The number of ether oxygens (including phenoxy) is 2. The number of anilines is 2. The van der Waals surface area contributed by atoms with Crippen LogP contribution in [0.1, 0.15) is 62.8 Å². The van der Waals surface area contributed by atoms with Crippen molar-refractivity contribution in [3.05, 3.63) is 107 Å². The van der Waals surface area contributed by atoms with E-state index < -0.39 is 11.1 Å². The molecule has 2 unspecified atom stereocenters. The number of benzene rings is 4. The number of hydrogen-bond donors (Lipinski definition) is 3. The average Bonchev–Trinajstić information content (AvgIpc) is 3.18. The summed E-state index contributed by atoms with van der Waals surface area (Å²) in [6.07, 6.45) is 1.82. The van der Waals surface area contributed by atoms with Crippen LogP contribution in [-0.4, -0.2) is 75.4 Å². The summed E-state index contributed by atoms with van der Waals surface area (Å²) >= 11 is 1.92. The molecule has 3 aliphatic heterocycles. The second kappa shape index (κ2) is 16.6. The SMILES string of the molecule is CCOc1ccccc1C(CC)(c1ccc(C(CC)(c2ccccc2OCC)N2CCNCC2)c2c1Nc1ccccc1S2)N1CCNCC1.Cl. The van der Waals surface area contributed by atoms with Gasteiger partial charge in [0.2, 0.25) is 0 Å². The quantitative estimate of drug-likeness (QED) is 0.119. The minimum absolute atomic E-state index is 0. The van der Waals surface area contributed by atoms with Crippen molar-refractivity contribution in [2.24, 2.45) is 0 Å². The molecule has 0 saturated carbocycles. The van der Waals surface area contributed by atoms with Gasteiger partial charge in [-0.05, 0) is 56.5 Å². The van der Waals surface area contributed by atoms with Gasteiger partial charge in [-0.2, -0.15) is 0 Å². The number of piperazine rings is 2. The fraction of sp³-hybridized carbons (Fsp3) is 0.429. The second-order valence-electron chi connectivity index (χ2n) is 13.3. The summed E-state index contributed by atoms with van der Waals surface area (Å²) in [6.45, 7) is 17.8. The summed E-state index contributed by atoms with van der Waals surface area (Å²) in [6, 6.07) is 31.2. The highest BCUT2D eigenvalue weighted by Crippen LogP contribution is 2.57. The van der Waals surface area contributed by atoms with Crippen LogP contribution in [0.5, 0.6) is 11.5 Å². The number of rotatable bonds is 12. The maximum absolute atomic E-state index is 6.43. The summed E-state index contributed by atoms with van der Waals surface area (Å²) < 4.78 is 12.9. The monoisotopic (exact) mass is 727 g/mol. The van der Waals surface area contributed by atoms with Gasteiger partial charge in [0.15, 0.2) is 0 Å². The molecule has 9 heteroatoms. The van der Waals surface area contributed by atoms with E-state index in [4.69, 9.17) is 9.47 Å². The Labute approximate surface area is 315 Å². The Morgan fingerprint density at radius 3 is 1.59 bits per heavy atom. The predicted molar refractivity (Wildman–Crippen MR) is 214 cm³/mol. The Kier molecular flexibility index (Phi) is 12.2. The third kappa shape index (κ3) is 6.64. The van der Waals surface area contributed by atoms with E-state index in [1.54, 1.807) is 0 Å². The summed E-state index contributed by atoms with van der Waals surface area (Å²) in [4.78, 5) is 7.97. The molecular weight excluding hydrogens is 674 g/mol. The molecular formula is C42H54ClN5O2S. The van der Waals surface area contributed by atoms with Crippen LogP contribution >= 0.6 is 24.2 Å². The van der Waals surface area contributed by atoms with E-state index in [0.29, 0.717) is 13.2 Å². The Hall–Kier alpha value is -3.24. The Balaban J connectivity index is 0.00000448. The van der Waals surface area contributed by atoms with Gasteiger partial charge in [-0.1, -0.05) is 86.3 Å². The molecule has 4 aromatic carbocycles. The fourth-order valence-corrected chi connectivity index (χ4v) is 10.0. The molecule has 0 radical (unpaired) electrons. The van der Waals surface area contributed by atoms with Gasteiger partial charge in [-0.15, -0.1) is 12.4 Å². The predicted octanol–water partition coefficient (Wildman–Crippen LogP) is 8.23. The molecule has 51 heavy (non-hydrogen) atoms. The smallest absolute Gasteiger partial charge is 0.124 e. The van der Waals surface area contributed by atoms with Gasteiger partial charge in [0, 0.05) is 78.8 Å². The van der Waals surface area contributed by atoms with Gasteiger partial charge in [-0.25, -0.2) is 0 Å². The lowest BCUT2D eigenvalue weighted by Gasteiger charge is -2.50. The van der Waals surface area contributed by atoms with Crippen LogP contribution in [0, 0.1) is 0 Å². The number of para-hydroxylation sites is 3. The van der Waals surface area contributed by atoms with Crippen molar-refractivity contribution in [1.29, 1.82) is 0 Å². The van der Waals surface area contributed by atoms with Crippen LogP contribution in [0.3, 0.4) is 0 Å². The van der Waals surface area contributed by atoms with Crippen molar-refractivity contribution in [3.8, 4) is 11.5 Å². The molecule has 0 aromatic heterocycles. The Morgan fingerprint density at radius 1 is 0.588 bits per heavy atom. The maximum Gasteiger partial charge on any atom is 0.124 e. The molecule has 2 saturated heterocycles. The van der Waals surface area contributed by atoms with Crippen LogP contribution in [0.4, 0.5) is 11.4 Å². The van der Waals surface area contributed by atoms with Crippen LogP contribution in [0.25, 0.3) is 0 Å². The molecule has 272 valence electrons. The molecule has 4 aromatic rings. The van der Waals surface area contributed by atoms with Crippen molar-refractivity contribution in [3.63, 3.8) is 0 Å². The standard InChI is InChI=1S/C42H53N5O2S.ClH/c1-5-41(46-27-23-43-24-28-46,31-15-9-12-18-36(31)48-7-3)33-21-22-34(40-39(33)45-35-17-11-14-20-38(35)50-40)42(6-2,47-29-25-44-26-30-47)32-16-10-13-19-37(32)49-8-4;/h9-22,43-45H,5-8,23-30H2,1-4H3;1H. The molecule has 2 fully saturated rings. The Morgan fingerprint density at radius 2 is 1.06 bits per heavy atom. The number of halogens is 1. The highest BCUT2D eigenvalue weighted by Gasteiger charge is 2.48. The van der Waals surface area contributed by atoms with Gasteiger partial charge >= 0.3 is 0 Å². The number of fused-ring (bicyclic) bond motifs is 2. The van der Waals surface area contributed by atoms with E-state index in [1.165, 1.54) is 37.7 Å². The van der Waals surface area contributed by atoms with Crippen molar-refractivity contribution < 1.29 is 9.47 Å². The second-order valence-corrected chi connectivity index (χ2v) is 14.4. The lowest BCUT2D eigenvalue weighted by atomic mass is 9.73. The maximum atomic E-state index is 6.43. The summed E-state index contributed by atoms with van der Waals surface area (Å²) in [5.74, 6) is 1.93. The molecule has 0 spiro atoms. The lowest BCUT2D eigenvalue weighted by molar-refractivity contribution is 0.0933. The average molecular weight is 728 g/mol. The minimum Gasteiger partial charge on any atom is -0.494 e. The molecule has 3 heterocycles. The zero-order valence-corrected chi connectivity index (χ0v) is 32.2. The van der Waals surface area contributed by atoms with E-state index in [-0.39, 0.29) is 12.4 Å². The number of nitrogens with zero attached hydrogens (tertiary/aromatic N) is 2. The summed E-state index contributed by atoms with van der Waals surface area (Å²) in [5, 5.41) is 11.3. The third-order valence-corrected chi connectivity index (χ3v) is 12.2. The largest absolute Gasteiger partial charge is 0.494 e. The van der Waals surface area contributed by atoms with E-state index in [9.17, 15) is 0 Å². The number of hydrogen-bond acceptors (Lipinski definition) is 8. The first kappa shape index (κ1) is 37.5. The van der Waals surface area contributed by atoms with Crippen molar-refractivity contribution in [2.45, 2.75) is 61.4 Å². The fourth-order valence-electron chi connectivity index (χ4n) is 8.84. The highest BCUT2D eigenvalue weighted by molar-refractivity contribution is 7.99. The molecule has 2 atom stereocenters. The first-order chi connectivity index (χ1) is 24.6. The molecule has 3 N–H and O–H groups in total. The number of nitrogens with one attached hydrogen (secondary N) is 3. The van der Waals surface area contributed by atoms with Crippen molar-refractivity contribution >= 4 is 35.5 Å². The first-order valence-electron chi connectivity index (χ1n) is 18.7. The van der Waals surface area contributed by atoms with Gasteiger partial charge < -0.3 is 25.4 Å². The molecule has 7 nitrogen and oxygen atoms in total. The normalized spacial score (nSPS) is 18.6. The molecule has 3 aliphatic rings. The van der Waals surface area contributed by atoms with E-state index in [2.05, 4.69) is 138 Å².